The molecule has 0 aromatic carbocycles. The molecule has 0 radical (unpaired) electrons. The standard InChI is InChI=1S/C10H17N3O3S/c1-10(2,7-14)13(3)17(15,16)8-5-4-6-12-9(8)11/h4-6,14H,7H2,1-3H3,(H2,11,12). The Bertz CT molecular complexity index is 499. The Kier molecular flexibility index (Phi) is 3.75. The quantitative estimate of drug-likeness (QED) is 0.796. The molecule has 1 aromatic rings. The molecule has 0 saturated carbocycles. The molecule has 0 aliphatic rings. The SMILES string of the molecule is CN(C(C)(C)CO)S(=O)(=O)c1cccnc1N. The molecule has 17 heavy (non-hydrogen) atoms. The summed E-state index contributed by atoms with van der Waals surface area (Å²) in [4.78, 5) is 3.69. The van der Waals surface area contributed by atoms with Crippen LogP contribution < -0.4 is 5.73 Å². The Hall–Kier alpha value is -1.18. The summed E-state index contributed by atoms with van der Waals surface area (Å²) in [7, 11) is -2.35. The summed E-state index contributed by atoms with van der Waals surface area (Å²) in [5.74, 6) is -0.0481. The average Bonchev–Trinajstić information content (AvgIpc) is 2.28. The van der Waals surface area contributed by atoms with Gasteiger partial charge in [0.15, 0.2) is 0 Å². The van der Waals surface area contributed by atoms with Gasteiger partial charge in [0.05, 0.1) is 12.1 Å². The van der Waals surface area contributed by atoms with Crippen LogP contribution in [0.25, 0.3) is 0 Å². The number of sulfonamides is 1. The Morgan fingerprint density at radius 3 is 2.59 bits per heavy atom. The zero-order valence-electron chi connectivity index (χ0n) is 10.1. The van der Waals surface area contributed by atoms with Crippen LogP contribution in [0.15, 0.2) is 23.2 Å². The van der Waals surface area contributed by atoms with Crippen LogP contribution in [0.3, 0.4) is 0 Å². The number of aliphatic hydroxyl groups excluding tert-OH is 1. The fraction of sp³-hybridized carbons (Fsp3) is 0.500. The molecule has 1 rings (SSSR count). The first-order valence-electron chi connectivity index (χ1n) is 5.04. The van der Waals surface area contributed by atoms with E-state index in [1.807, 2.05) is 0 Å². The summed E-state index contributed by atoms with van der Waals surface area (Å²) in [6.45, 7) is 2.96. The highest BCUT2D eigenvalue weighted by molar-refractivity contribution is 7.89. The van der Waals surface area contributed by atoms with Gasteiger partial charge in [-0.15, -0.1) is 0 Å². The summed E-state index contributed by atoms with van der Waals surface area (Å²) >= 11 is 0. The van der Waals surface area contributed by atoms with Gasteiger partial charge >= 0.3 is 0 Å². The number of pyridine rings is 1. The number of aliphatic hydroxyl groups is 1. The lowest BCUT2D eigenvalue weighted by atomic mass is 10.1. The maximum absolute atomic E-state index is 12.3. The van der Waals surface area contributed by atoms with Crippen molar-refractivity contribution >= 4 is 15.8 Å². The van der Waals surface area contributed by atoms with Crippen LogP contribution in [0.1, 0.15) is 13.8 Å². The summed E-state index contributed by atoms with van der Waals surface area (Å²) < 4.78 is 25.6. The minimum absolute atomic E-state index is 0.0481. The molecule has 3 N–H and O–H groups in total. The zero-order valence-corrected chi connectivity index (χ0v) is 10.9. The van der Waals surface area contributed by atoms with Crippen molar-refractivity contribution in [1.29, 1.82) is 0 Å². The molecule has 0 saturated heterocycles. The first kappa shape index (κ1) is 13.9. The zero-order chi connectivity index (χ0) is 13.3. The van der Waals surface area contributed by atoms with E-state index in [0.29, 0.717) is 0 Å². The molecule has 0 bridgehead atoms. The minimum Gasteiger partial charge on any atom is -0.394 e. The Morgan fingerprint density at radius 2 is 2.12 bits per heavy atom. The number of aromatic nitrogens is 1. The number of anilines is 1. The third kappa shape index (κ3) is 2.56. The predicted octanol–water partition coefficient (Wildman–Crippen LogP) is 0.0552. The monoisotopic (exact) mass is 259 g/mol. The maximum atomic E-state index is 12.3. The first-order valence-corrected chi connectivity index (χ1v) is 6.48. The Balaban J connectivity index is 3.26. The van der Waals surface area contributed by atoms with Crippen LogP contribution in [0.5, 0.6) is 0 Å². The van der Waals surface area contributed by atoms with Gasteiger partial charge in [-0.25, -0.2) is 13.4 Å². The van der Waals surface area contributed by atoms with E-state index in [1.54, 1.807) is 13.8 Å². The topological polar surface area (TPSA) is 96.5 Å². The summed E-state index contributed by atoms with van der Waals surface area (Å²) in [5, 5.41) is 9.19. The van der Waals surface area contributed by atoms with Gasteiger partial charge < -0.3 is 10.8 Å². The van der Waals surface area contributed by atoms with Crippen LogP contribution in [-0.2, 0) is 10.0 Å². The van der Waals surface area contributed by atoms with E-state index in [1.165, 1.54) is 25.4 Å². The fourth-order valence-corrected chi connectivity index (χ4v) is 2.76. The number of hydrogen-bond acceptors (Lipinski definition) is 5. The molecule has 1 aromatic heterocycles. The van der Waals surface area contributed by atoms with E-state index in [9.17, 15) is 13.5 Å². The lowest BCUT2D eigenvalue weighted by Crippen LogP contribution is -2.47. The van der Waals surface area contributed by atoms with Gasteiger partial charge in [0, 0.05) is 13.2 Å². The van der Waals surface area contributed by atoms with E-state index in [2.05, 4.69) is 4.98 Å². The predicted molar refractivity (Wildman–Crippen MR) is 64.8 cm³/mol. The summed E-state index contributed by atoms with van der Waals surface area (Å²) in [6, 6.07) is 2.89. The van der Waals surface area contributed by atoms with Crippen LogP contribution in [0, 0.1) is 0 Å². The lowest BCUT2D eigenvalue weighted by molar-refractivity contribution is 0.138. The molecule has 7 heteroatoms. The summed E-state index contributed by atoms with van der Waals surface area (Å²) in [6.07, 6.45) is 1.42. The van der Waals surface area contributed by atoms with Crippen molar-refractivity contribution in [2.45, 2.75) is 24.3 Å². The molecular formula is C10H17N3O3S. The molecule has 96 valence electrons. The van der Waals surface area contributed by atoms with E-state index in [4.69, 9.17) is 5.73 Å². The Morgan fingerprint density at radius 1 is 1.53 bits per heavy atom. The largest absolute Gasteiger partial charge is 0.394 e. The van der Waals surface area contributed by atoms with Crippen molar-refractivity contribution in [2.75, 3.05) is 19.4 Å². The number of nitrogen functional groups attached to an aromatic ring is 1. The first-order chi connectivity index (χ1) is 7.73. The van der Waals surface area contributed by atoms with Gasteiger partial charge in [-0.2, -0.15) is 4.31 Å². The second kappa shape index (κ2) is 4.59. The molecule has 0 fully saturated rings. The molecule has 0 atom stereocenters. The van der Waals surface area contributed by atoms with E-state index in [0.717, 1.165) is 4.31 Å². The second-order valence-corrected chi connectivity index (χ2v) is 6.27. The minimum atomic E-state index is -3.75. The number of nitrogens with two attached hydrogens (primary N) is 1. The lowest BCUT2D eigenvalue weighted by Gasteiger charge is -2.32. The van der Waals surface area contributed by atoms with Crippen LogP contribution in [-0.4, -0.2) is 42.0 Å². The number of hydrogen-bond donors (Lipinski definition) is 2. The van der Waals surface area contributed by atoms with E-state index in [-0.39, 0.29) is 17.3 Å². The fourth-order valence-electron chi connectivity index (χ4n) is 1.19. The van der Waals surface area contributed by atoms with Gasteiger partial charge in [-0.1, -0.05) is 0 Å². The van der Waals surface area contributed by atoms with E-state index < -0.39 is 15.6 Å². The maximum Gasteiger partial charge on any atom is 0.247 e. The molecule has 1 heterocycles. The van der Waals surface area contributed by atoms with Gasteiger partial charge in [-0.05, 0) is 26.0 Å². The average molecular weight is 259 g/mol. The van der Waals surface area contributed by atoms with Crippen LogP contribution in [0.2, 0.25) is 0 Å². The van der Waals surface area contributed by atoms with Crippen molar-refractivity contribution in [1.82, 2.24) is 9.29 Å². The molecule has 0 aliphatic heterocycles. The van der Waals surface area contributed by atoms with Crippen molar-refractivity contribution in [3.8, 4) is 0 Å². The number of rotatable bonds is 4. The smallest absolute Gasteiger partial charge is 0.247 e. The van der Waals surface area contributed by atoms with Crippen LogP contribution >= 0.6 is 0 Å². The van der Waals surface area contributed by atoms with Crippen molar-refractivity contribution < 1.29 is 13.5 Å². The molecular weight excluding hydrogens is 242 g/mol. The molecule has 0 unspecified atom stereocenters. The summed E-state index contributed by atoms with van der Waals surface area (Å²) in [5.41, 5.74) is 4.65. The molecule has 6 nitrogen and oxygen atoms in total. The number of nitrogens with zero attached hydrogens (tertiary/aromatic N) is 2. The van der Waals surface area contributed by atoms with Gasteiger partial charge in [0.1, 0.15) is 10.7 Å². The highest BCUT2D eigenvalue weighted by Crippen LogP contribution is 2.24. The molecule has 0 amide bonds. The van der Waals surface area contributed by atoms with Gasteiger partial charge in [0.25, 0.3) is 0 Å². The second-order valence-electron chi connectivity index (χ2n) is 4.33. The third-order valence-corrected chi connectivity index (χ3v) is 4.79. The van der Waals surface area contributed by atoms with Crippen molar-refractivity contribution in [3.63, 3.8) is 0 Å². The van der Waals surface area contributed by atoms with Crippen molar-refractivity contribution in [3.05, 3.63) is 18.3 Å². The highest BCUT2D eigenvalue weighted by Gasteiger charge is 2.34. The van der Waals surface area contributed by atoms with Gasteiger partial charge in [-0.3, -0.25) is 0 Å². The highest BCUT2D eigenvalue weighted by atomic mass is 32.2. The number of likely N-dealkylation sites (N-methyl/N-ethyl adjacent to an activating group) is 1. The Labute approximate surface area is 101 Å². The molecule has 0 spiro atoms. The normalized spacial score (nSPS) is 13.0. The van der Waals surface area contributed by atoms with Crippen LogP contribution in [0.4, 0.5) is 5.82 Å². The molecule has 0 aliphatic carbocycles. The third-order valence-electron chi connectivity index (χ3n) is 2.68. The van der Waals surface area contributed by atoms with E-state index >= 15 is 0 Å². The van der Waals surface area contributed by atoms with Crippen molar-refractivity contribution in [2.24, 2.45) is 0 Å². The van der Waals surface area contributed by atoms with Gasteiger partial charge in [0.2, 0.25) is 10.0 Å².